The maximum atomic E-state index is 12.9. The Labute approximate surface area is 101 Å². The van der Waals surface area contributed by atoms with Gasteiger partial charge in [-0.3, -0.25) is 0 Å². The summed E-state index contributed by atoms with van der Waals surface area (Å²) in [4.78, 5) is 0. The number of rotatable bonds is 4. The zero-order valence-electron chi connectivity index (χ0n) is 9.96. The summed E-state index contributed by atoms with van der Waals surface area (Å²) >= 11 is 0. The second-order valence-electron chi connectivity index (χ2n) is 4.92. The summed E-state index contributed by atoms with van der Waals surface area (Å²) in [6.45, 7) is 1.68. The summed E-state index contributed by atoms with van der Waals surface area (Å²) in [5.74, 6) is -1.99. The normalized spacial score (nSPS) is 20.4. The molecule has 1 N–H and O–H groups in total. The van der Waals surface area contributed by atoms with E-state index in [2.05, 4.69) is 17.4 Å². The molecule has 17 heavy (non-hydrogen) atoms. The Morgan fingerprint density at radius 3 is 2.41 bits per heavy atom. The number of hydrogen-bond donors (Lipinski definition) is 1. The summed E-state index contributed by atoms with van der Waals surface area (Å²) in [6.07, 6.45) is 1.42. The SMILES string of the molecule is FC1(F)CCC(CNCc2ccccc2)CC1. The lowest BCUT2D eigenvalue weighted by Gasteiger charge is -2.28. The first-order chi connectivity index (χ1) is 8.16. The van der Waals surface area contributed by atoms with E-state index in [1.54, 1.807) is 0 Å². The fourth-order valence-corrected chi connectivity index (χ4v) is 2.32. The van der Waals surface area contributed by atoms with Gasteiger partial charge in [-0.2, -0.15) is 0 Å². The highest BCUT2D eigenvalue weighted by molar-refractivity contribution is 5.14. The van der Waals surface area contributed by atoms with Crippen LogP contribution in [0, 0.1) is 5.92 Å². The summed E-state index contributed by atoms with van der Waals surface area (Å²) in [5.41, 5.74) is 1.24. The minimum atomic E-state index is -2.41. The lowest BCUT2D eigenvalue weighted by molar-refractivity contribution is -0.0455. The molecule has 0 saturated heterocycles. The highest BCUT2D eigenvalue weighted by Crippen LogP contribution is 2.35. The number of halogens is 2. The number of alkyl halides is 2. The van der Waals surface area contributed by atoms with Crippen LogP contribution in [0.3, 0.4) is 0 Å². The minimum Gasteiger partial charge on any atom is -0.312 e. The van der Waals surface area contributed by atoms with Crippen LogP contribution in [-0.4, -0.2) is 12.5 Å². The molecule has 0 heterocycles. The van der Waals surface area contributed by atoms with Gasteiger partial charge in [-0.15, -0.1) is 0 Å². The average Bonchev–Trinajstić information content (AvgIpc) is 2.33. The fraction of sp³-hybridized carbons (Fsp3) is 0.571. The molecule has 1 aliphatic carbocycles. The van der Waals surface area contributed by atoms with Crippen molar-refractivity contribution in [3.63, 3.8) is 0 Å². The van der Waals surface area contributed by atoms with Crippen LogP contribution in [0.1, 0.15) is 31.2 Å². The van der Waals surface area contributed by atoms with Crippen molar-refractivity contribution in [2.75, 3.05) is 6.54 Å². The molecule has 1 aliphatic rings. The summed E-state index contributed by atoms with van der Waals surface area (Å²) in [7, 11) is 0. The monoisotopic (exact) mass is 239 g/mol. The van der Waals surface area contributed by atoms with Crippen molar-refractivity contribution < 1.29 is 8.78 Å². The van der Waals surface area contributed by atoms with Gasteiger partial charge in [-0.05, 0) is 30.9 Å². The van der Waals surface area contributed by atoms with Crippen LogP contribution in [0.5, 0.6) is 0 Å². The third-order valence-electron chi connectivity index (χ3n) is 3.44. The van der Waals surface area contributed by atoms with Gasteiger partial charge in [0.25, 0.3) is 0 Å². The van der Waals surface area contributed by atoms with E-state index in [9.17, 15) is 8.78 Å². The Hall–Kier alpha value is -0.960. The topological polar surface area (TPSA) is 12.0 Å². The first-order valence-electron chi connectivity index (χ1n) is 6.28. The molecule has 0 bridgehead atoms. The Kier molecular flexibility index (Phi) is 4.11. The van der Waals surface area contributed by atoms with Crippen LogP contribution in [0.25, 0.3) is 0 Å². The van der Waals surface area contributed by atoms with E-state index in [1.807, 2.05) is 18.2 Å². The first-order valence-corrected chi connectivity index (χ1v) is 6.28. The molecular weight excluding hydrogens is 220 g/mol. The molecule has 0 unspecified atom stereocenters. The number of hydrogen-bond acceptors (Lipinski definition) is 1. The van der Waals surface area contributed by atoms with Crippen LogP contribution >= 0.6 is 0 Å². The van der Waals surface area contributed by atoms with E-state index in [0.717, 1.165) is 13.1 Å². The second kappa shape index (κ2) is 5.58. The Balaban J connectivity index is 1.67. The third kappa shape index (κ3) is 4.08. The summed E-state index contributed by atoms with van der Waals surface area (Å²) in [6, 6.07) is 10.2. The van der Waals surface area contributed by atoms with Gasteiger partial charge in [-0.25, -0.2) is 8.78 Å². The van der Waals surface area contributed by atoms with Crippen LogP contribution in [0.4, 0.5) is 8.78 Å². The molecule has 0 amide bonds. The van der Waals surface area contributed by atoms with Crippen molar-refractivity contribution in [3.05, 3.63) is 35.9 Å². The molecule has 1 aromatic rings. The average molecular weight is 239 g/mol. The first kappa shape index (κ1) is 12.5. The van der Waals surface area contributed by atoms with Crippen molar-refractivity contribution in [3.8, 4) is 0 Å². The van der Waals surface area contributed by atoms with Gasteiger partial charge in [0.05, 0.1) is 0 Å². The van der Waals surface area contributed by atoms with Crippen LogP contribution in [0.2, 0.25) is 0 Å². The minimum absolute atomic E-state index is 0.0602. The van der Waals surface area contributed by atoms with Gasteiger partial charge < -0.3 is 5.32 Å². The van der Waals surface area contributed by atoms with Gasteiger partial charge in [0, 0.05) is 19.4 Å². The molecular formula is C14H19F2N. The van der Waals surface area contributed by atoms with Crippen molar-refractivity contribution in [2.24, 2.45) is 5.92 Å². The number of benzene rings is 1. The number of nitrogens with one attached hydrogen (secondary N) is 1. The molecule has 0 aliphatic heterocycles. The largest absolute Gasteiger partial charge is 0.312 e. The van der Waals surface area contributed by atoms with Gasteiger partial charge >= 0.3 is 0 Å². The van der Waals surface area contributed by atoms with Crippen LogP contribution < -0.4 is 5.32 Å². The maximum Gasteiger partial charge on any atom is 0.248 e. The van der Waals surface area contributed by atoms with E-state index < -0.39 is 5.92 Å². The smallest absolute Gasteiger partial charge is 0.248 e. The molecule has 0 aromatic heterocycles. The zero-order chi connectivity index (χ0) is 12.1. The molecule has 2 rings (SSSR count). The molecule has 0 radical (unpaired) electrons. The molecule has 0 spiro atoms. The summed E-state index contributed by atoms with van der Waals surface area (Å²) in [5, 5.41) is 3.35. The van der Waals surface area contributed by atoms with Crippen molar-refractivity contribution in [1.82, 2.24) is 5.32 Å². The van der Waals surface area contributed by atoms with E-state index in [4.69, 9.17) is 0 Å². The Morgan fingerprint density at radius 1 is 1.12 bits per heavy atom. The van der Waals surface area contributed by atoms with Gasteiger partial charge in [-0.1, -0.05) is 30.3 Å². The predicted octanol–water partition coefficient (Wildman–Crippen LogP) is 3.60. The molecule has 1 aromatic carbocycles. The van der Waals surface area contributed by atoms with Crippen LogP contribution in [0.15, 0.2) is 30.3 Å². The lowest BCUT2D eigenvalue weighted by Crippen LogP contribution is -2.30. The van der Waals surface area contributed by atoms with Gasteiger partial charge in [0.1, 0.15) is 0 Å². The van der Waals surface area contributed by atoms with E-state index in [0.29, 0.717) is 18.8 Å². The van der Waals surface area contributed by atoms with Gasteiger partial charge in [0.15, 0.2) is 0 Å². The van der Waals surface area contributed by atoms with Crippen molar-refractivity contribution in [2.45, 2.75) is 38.2 Å². The van der Waals surface area contributed by atoms with Gasteiger partial charge in [0.2, 0.25) is 5.92 Å². The molecule has 1 nitrogen and oxygen atoms in total. The van der Waals surface area contributed by atoms with Crippen molar-refractivity contribution >= 4 is 0 Å². The molecule has 94 valence electrons. The Morgan fingerprint density at radius 2 is 1.76 bits per heavy atom. The highest BCUT2D eigenvalue weighted by atomic mass is 19.3. The predicted molar refractivity (Wildman–Crippen MR) is 65.1 cm³/mol. The lowest BCUT2D eigenvalue weighted by atomic mass is 9.87. The molecule has 1 saturated carbocycles. The van der Waals surface area contributed by atoms with E-state index in [-0.39, 0.29) is 12.8 Å². The standard InChI is InChI=1S/C14H19F2N/c15-14(16)8-6-13(7-9-14)11-17-10-12-4-2-1-3-5-12/h1-5,13,17H,6-11H2. The zero-order valence-corrected chi connectivity index (χ0v) is 9.96. The Bertz CT molecular complexity index is 327. The highest BCUT2D eigenvalue weighted by Gasteiger charge is 2.34. The van der Waals surface area contributed by atoms with Crippen LogP contribution in [-0.2, 0) is 6.54 Å². The third-order valence-corrected chi connectivity index (χ3v) is 3.44. The molecule has 1 fully saturated rings. The summed E-state index contributed by atoms with van der Waals surface area (Å²) < 4.78 is 25.9. The van der Waals surface area contributed by atoms with E-state index >= 15 is 0 Å². The second-order valence-corrected chi connectivity index (χ2v) is 4.92. The quantitative estimate of drug-likeness (QED) is 0.846. The van der Waals surface area contributed by atoms with E-state index in [1.165, 1.54) is 5.56 Å². The maximum absolute atomic E-state index is 12.9. The molecule has 3 heteroatoms. The fourth-order valence-electron chi connectivity index (χ4n) is 2.32. The molecule has 0 atom stereocenters. The van der Waals surface area contributed by atoms with Crippen molar-refractivity contribution in [1.29, 1.82) is 0 Å².